The number of hydrogen-bond acceptors (Lipinski definition) is 4. The van der Waals surface area contributed by atoms with E-state index in [1.165, 1.54) is 24.7 Å². The van der Waals surface area contributed by atoms with Crippen LogP contribution in [0.3, 0.4) is 0 Å². The van der Waals surface area contributed by atoms with Crippen molar-refractivity contribution in [1.29, 1.82) is 0 Å². The number of amides is 1. The molecule has 2 aromatic rings. The van der Waals surface area contributed by atoms with Crippen LogP contribution in [0, 0.1) is 5.92 Å². The van der Waals surface area contributed by atoms with Gasteiger partial charge in [-0.2, -0.15) is 0 Å². The van der Waals surface area contributed by atoms with Crippen LogP contribution in [0.2, 0.25) is 5.02 Å². The minimum absolute atomic E-state index is 0.110. The Morgan fingerprint density at radius 1 is 1.36 bits per heavy atom. The fraction of sp³-hybridized carbons (Fsp3) is 0.474. The number of oxazole rings is 1. The summed E-state index contributed by atoms with van der Waals surface area (Å²) in [6.07, 6.45) is 4.02. The minimum atomic E-state index is -0.110. The van der Waals surface area contributed by atoms with Crippen molar-refractivity contribution < 1.29 is 9.21 Å². The Labute approximate surface area is 153 Å². The predicted molar refractivity (Wildman–Crippen MR) is 97.4 cm³/mol. The largest absolute Gasteiger partial charge is 0.447 e. The van der Waals surface area contributed by atoms with E-state index in [1.807, 2.05) is 25.1 Å². The Morgan fingerprint density at radius 2 is 2.16 bits per heavy atom. The van der Waals surface area contributed by atoms with Crippen molar-refractivity contribution in [2.45, 2.75) is 32.9 Å². The molecule has 3 rings (SSSR count). The highest BCUT2D eigenvalue weighted by Gasteiger charge is 2.25. The van der Waals surface area contributed by atoms with E-state index in [0.717, 1.165) is 24.0 Å². The summed E-state index contributed by atoms with van der Waals surface area (Å²) in [7, 11) is 1.76. The monoisotopic (exact) mass is 361 g/mol. The molecule has 6 heteroatoms. The average Bonchev–Trinajstić information content (AvgIpc) is 3.28. The van der Waals surface area contributed by atoms with Crippen molar-refractivity contribution in [2.24, 2.45) is 5.92 Å². The molecule has 134 valence electrons. The summed E-state index contributed by atoms with van der Waals surface area (Å²) in [6, 6.07) is 7.91. The molecule has 5 nitrogen and oxygen atoms in total. The third-order valence-corrected chi connectivity index (χ3v) is 4.69. The molecule has 1 heterocycles. The second-order valence-electron chi connectivity index (χ2n) is 6.69. The molecule has 0 atom stereocenters. The fourth-order valence-electron chi connectivity index (χ4n) is 2.76. The third-order valence-electron chi connectivity index (χ3n) is 4.46. The molecule has 1 aromatic heterocycles. The smallest absolute Gasteiger partial charge is 0.275 e. The molecule has 1 saturated carbocycles. The van der Waals surface area contributed by atoms with Crippen molar-refractivity contribution >= 4 is 17.5 Å². The maximum absolute atomic E-state index is 12.2. The predicted octanol–water partition coefficient (Wildman–Crippen LogP) is 3.83. The lowest BCUT2D eigenvalue weighted by molar-refractivity contribution is 0.0796. The molecule has 1 fully saturated rings. The Morgan fingerprint density at radius 3 is 2.84 bits per heavy atom. The number of nitrogens with zero attached hydrogens (tertiary/aromatic N) is 3. The number of carbonyl (C=O) groups is 1. The minimum Gasteiger partial charge on any atom is -0.447 e. The molecule has 0 radical (unpaired) electrons. The molecule has 0 bridgehead atoms. The summed E-state index contributed by atoms with van der Waals surface area (Å²) in [6.45, 7) is 4.96. The molecule has 1 aliphatic carbocycles. The Kier molecular flexibility index (Phi) is 5.76. The van der Waals surface area contributed by atoms with Gasteiger partial charge in [-0.1, -0.05) is 23.7 Å². The topological polar surface area (TPSA) is 49.6 Å². The highest BCUT2D eigenvalue weighted by molar-refractivity contribution is 6.30. The van der Waals surface area contributed by atoms with Crippen molar-refractivity contribution in [3.63, 3.8) is 0 Å². The lowest BCUT2D eigenvalue weighted by Gasteiger charge is -2.20. The first kappa shape index (κ1) is 18.0. The first-order chi connectivity index (χ1) is 12.0. The molecule has 0 saturated heterocycles. The first-order valence-corrected chi connectivity index (χ1v) is 9.09. The van der Waals surface area contributed by atoms with Crippen molar-refractivity contribution in [1.82, 2.24) is 14.8 Å². The van der Waals surface area contributed by atoms with E-state index >= 15 is 0 Å². The lowest BCUT2D eigenvalue weighted by atomic mass is 10.2. The van der Waals surface area contributed by atoms with Crippen molar-refractivity contribution in [3.05, 3.63) is 52.7 Å². The van der Waals surface area contributed by atoms with Crippen LogP contribution in [-0.4, -0.2) is 40.8 Å². The summed E-state index contributed by atoms with van der Waals surface area (Å²) >= 11 is 6.10. The molecule has 1 amide bonds. The van der Waals surface area contributed by atoms with Gasteiger partial charge in [0.2, 0.25) is 5.89 Å². The SMILES string of the molecule is CCN(C)C(=O)c1coc(CN(Cc2cccc(Cl)c2)CC2CC2)n1. The number of carbonyl (C=O) groups excluding carboxylic acids is 1. The standard InChI is InChI=1S/C19H24ClN3O2/c1-3-22(2)19(24)17-13-25-18(21-17)12-23(10-14-7-8-14)11-15-5-4-6-16(20)9-15/h4-6,9,13-14H,3,7-8,10-12H2,1-2H3. The Bertz CT molecular complexity index is 727. The van der Waals surface area contributed by atoms with Crippen LogP contribution in [0.1, 0.15) is 41.7 Å². The zero-order valence-electron chi connectivity index (χ0n) is 14.7. The summed E-state index contributed by atoms with van der Waals surface area (Å²) < 4.78 is 5.55. The molecule has 0 spiro atoms. The van der Waals surface area contributed by atoms with Gasteiger partial charge in [-0.3, -0.25) is 9.69 Å². The molecule has 1 aliphatic rings. The quantitative estimate of drug-likeness (QED) is 0.717. The average molecular weight is 362 g/mol. The molecular weight excluding hydrogens is 338 g/mol. The van der Waals surface area contributed by atoms with Gasteiger partial charge in [-0.25, -0.2) is 4.98 Å². The van der Waals surface area contributed by atoms with Crippen LogP contribution in [0.15, 0.2) is 34.9 Å². The number of aromatic nitrogens is 1. The van der Waals surface area contributed by atoms with Gasteiger partial charge >= 0.3 is 0 Å². The fourth-order valence-corrected chi connectivity index (χ4v) is 2.97. The van der Waals surface area contributed by atoms with Gasteiger partial charge in [0.15, 0.2) is 5.69 Å². The maximum atomic E-state index is 12.2. The van der Waals surface area contributed by atoms with Crippen LogP contribution in [-0.2, 0) is 13.1 Å². The van der Waals surface area contributed by atoms with Crippen LogP contribution in [0.25, 0.3) is 0 Å². The number of rotatable bonds is 8. The third kappa shape index (κ3) is 5.06. The molecule has 0 N–H and O–H groups in total. The second-order valence-corrected chi connectivity index (χ2v) is 7.13. The van der Waals surface area contributed by atoms with Crippen LogP contribution in [0.4, 0.5) is 0 Å². The Hall–Kier alpha value is -1.85. The van der Waals surface area contributed by atoms with Crippen LogP contribution in [0.5, 0.6) is 0 Å². The van der Waals surface area contributed by atoms with Crippen LogP contribution >= 0.6 is 11.6 Å². The summed E-state index contributed by atoms with van der Waals surface area (Å²) in [4.78, 5) is 20.5. The molecule has 1 aromatic carbocycles. The van der Waals surface area contributed by atoms with Gasteiger partial charge in [0, 0.05) is 31.7 Å². The van der Waals surface area contributed by atoms with Gasteiger partial charge < -0.3 is 9.32 Å². The van der Waals surface area contributed by atoms with Crippen LogP contribution < -0.4 is 0 Å². The maximum Gasteiger partial charge on any atom is 0.275 e. The number of benzene rings is 1. The van der Waals surface area contributed by atoms with Crippen molar-refractivity contribution in [2.75, 3.05) is 20.1 Å². The van der Waals surface area contributed by atoms with Crippen molar-refractivity contribution in [3.8, 4) is 0 Å². The van der Waals surface area contributed by atoms with E-state index < -0.39 is 0 Å². The summed E-state index contributed by atoms with van der Waals surface area (Å²) in [5.41, 5.74) is 1.54. The normalized spacial score (nSPS) is 14.1. The molecule has 25 heavy (non-hydrogen) atoms. The van der Waals surface area contributed by atoms with Gasteiger partial charge in [-0.05, 0) is 43.4 Å². The van der Waals surface area contributed by atoms with Gasteiger partial charge in [0.25, 0.3) is 5.91 Å². The van der Waals surface area contributed by atoms with E-state index in [1.54, 1.807) is 11.9 Å². The molecule has 0 aliphatic heterocycles. The summed E-state index contributed by atoms with van der Waals surface area (Å²) in [5, 5.41) is 0.746. The highest BCUT2D eigenvalue weighted by atomic mass is 35.5. The molecular formula is C19H24ClN3O2. The van der Waals surface area contributed by atoms with Gasteiger partial charge in [0.1, 0.15) is 6.26 Å². The van der Waals surface area contributed by atoms with E-state index in [-0.39, 0.29) is 5.91 Å². The summed E-state index contributed by atoms with van der Waals surface area (Å²) in [5.74, 6) is 1.22. The lowest BCUT2D eigenvalue weighted by Crippen LogP contribution is -2.27. The van der Waals surface area contributed by atoms with E-state index in [2.05, 4.69) is 16.0 Å². The van der Waals surface area contributed by atoms with E-state index in [4.69, 9.17) is 16.0 Å². The number of hydrogen-bond donors (Lipinski definition) is 0. The van der Waals surface area contributed by atoms with E-state index in [9.17, 15) is 4.79 Å². The van der Waals surface area contributed by atoms with Gasteiger partial charge in [-0.15, -0.1) is 0 Å². The Balaban J connectivity index is 1.68. The zero-order valence-corrected chi connectivity index (χ0v) is 15.5. The highest BCUT2D eigenvalue weighted by Crippen LogP contribution is 2.30. The number of halogens is 1. The zero-order chi connectivity index (χ0) is 17.8. The second kappa shape index (κ2) is 8.02. The van der Waals surface area contributed by atoms with E-state index in [0.29, 0.717) is 24.7 Å². The first-order valence-electron chi connectivity index (χ1n) is 8.71. The van der Waals surface area contributed by atoms with Gasteiger partial charge in [0.05, 0.1) is 6.54 Å². The molecule has 0 unspecified atom stereocenters.